The predicted molar refractivity (Wildman–Crippen MR) is 117 cm³/mol. The lowest BCUT2D eigenvalue weighted by Crippen LogP contribution is -2.15. The van der Waals surface area contributed by atoms with Crippen LogP contribution in [0.15, 0.2) is 76.1 Å². The Bertz CT molecular complexity index is 1330. The summed E-state index contributed by atoms with van der Waals surface area (Å²) in [5, 5.41) is 1.71. The highest BCUT2D eigenvalue weighted by Gasteiger charge is 2.13. The zero-order chi connectivity index (χ0) is 21.2. The van der Waals surface area contributed by atoms with Crippen molar-refractivity contribution in [3.63, 3.8) is 0 Å². The van der Waals surface area contributed by atoms with Gasteiger partial charge in [-0.05, 0) is 42.5 Å². The van der Waals surface area contributed by atoms with E-state index >= 15 is 0 Å². The van der Waals surface area contributed by atoms with Crippen LogP contribution < -0.4 is 24.3 Å². The van der Waals surface area contributed by atoms with Gasteiger partial charge in [-0.15, -0.1) is 0 Å². The lowest BCUT2D eigenvalue weighted by atomic mass is 10.1. The van der Waals surface area contributed by atoms with Crippen LogP contribution in [0.2, 0.25) is 0 Å². The molecule has 0 atom stereocenters. The number of para-hydroxylation sites is 1. The molecule has 156 valence electrons. The summed E-state index contributed by atoms with van der Waals surface area (Å²) in [7, 11) is 3.23. The first-order valence-corrected chi connectivity index (χ1v) is 9.95. The fraction of sp³-hybridized carbons (Fsp3) is 0.160. The van der Waals surface area contributed by atoms with Crippen LogP contribution >= 0.6 is 0 Å². The minimum absolute atomic E-state index is 0.535. The number of rotatable bonds is 4. The Morgan fingerprint density at radius 1 is 0.774 bits per heavy atom. The molecule has 2 heterocycles. The maximum Gasteiger partial charge on any atom is 0.163 e. The second-order valence-electron chi connectivity index (χ2n) is 7.00. The molecule has 4 aromatic rings. The average molecular weight is 415 g/mol. The highest BCUT2D eigenvalue weighted by atomic mass is 16.6. The van der Waals surface area contributed by atoms with Crippen LogP contribution in [-0.4, -0.2) is 27.4 Å². The summed E-state index contributed by atoms with van der Waals surface area (Å²) in [4.78, 5) is 4.89. The molecule has 3 aromatic carbocycles. The number of methoxy groups -OCH3 is 2. The lowest BCUT2D eigenvalue weighted by Gasteiger charge is -2.18. The molecular formula is C25H21NO5. The van der Waals surface area contributed by atoms with E-state index in [2.05, 4.69) is 0 Å². The molecule has 6 nitrogen and oxygen atoms in total. The van der Waals surface area contributed by atoms with Crippen LogP contribution in [-0.2, 0) is 0 Å². The number of ether oxygens (including phenoxy) is 4. The van der Waals surface area contributed by atoms with Crippen molar-refractivity contribution in [1.29, 1.82) is 0 Å². The van der Waals surface area contributed by atoms with Gasteiger partial charge in [0.15, 0.2) is 23.0 Å². The summed E-state index contributed by atoms with van der Waals surface area (Å²) in [6.45, 7) is 1.09. The van der Waals surface area contributed by atoms with Crippen LogP contribution in [0.25, 0.3) is 22.3 Å². The van der Waals surface area contributed by atoms with Crippen molar-refractivity contribution in [2.75, 3.05) is 27.4 Å². The van der Waals surface area contributed by atoms with Crippen LogP contribution in [0.4, 0.5) is 5.69 Å². The molecule has 1 aliphatic rings. The third-order valence-electron chi connectivity index (χ3n) is 5.09. The molecule has 0 spiro atoms. The smallest absolute Gasteiger partial charge is 0.163 e. The zero-order valence-corrected chi connectivity index (χ0v) is 17.3. The fourth-order valence-electron chi connectivity index (χ4n) is 3.58. The van der Waals surface area contributed by atoms with Gasteiger partial charge in [-0.1, -0.05) is 12.1 Å². The van der Waals surface area contributed by atoms with Gasteiger partial charge in [-0.25, -0.2) is 4.99 Å². The molecule has 0 amide bonds. The number of hydrogen-bond donors (Lipinski definition) is 0. The van der Waals surface area contributed by atoms with E-state index in [1.807, 2.05) is 66.7 Å². The van der Waals surface area contributed by atoms with Crippen LogP contribution in [0.5, 0.6) is 23.0 Å². The van der Waals surface area contributed by atoms with E-state index in [0.29, 0.717) is 36.2 Å². The van der Waals surface area contributed by atoms with Crippen molar-refractivity contribution in [3.05, 3.63) is 72.1 Å². The van der Waals surface area contributed by atoms with Gasteiger partial charge >= 0.3 is 0 Å². The molecule has 0 aliphatic carbocycles. The SMILES string of the molecule is COc1ccc(-c2cc(=Nc3ccc4c(c3)OCCO4)c3ccccc3o2)cc1OC. The lowest BCUT2D eigenvalue weighted by molar-refractivity contribution is 0.171. The Hall–Kier alpha value is -3.93. The first-order chi connectivity index (χ1) is 15.2. The minimum atomic E-state index is 0.535. The van der Waals surface area contributed by atoms with E-state index in [9.17, 15) is 0 Å². The van der Waals surface area contributed by atoms with Crippen molar-refractivity contribution in [2.24, 2.45) is 4.99 Å². The van der Waals surface area contributed by atoms with Gasteiger partial charge in [-0.3, -0.25) is 0 Å². The average Bonchev–Trinajstić information content (AvgIpc) is 2.83. The number of fused-ring (bicyclic) bond motifs is 2. The maximum atomic E-state index is 6.19. The molecule has 0 bridgehead atoms. The van der Waals surface area contributed by atoms with E-state index in [0.717, 1.165) is 33.3 Å². The summed E-state index contributed by atoms with van der Waals surface area (Å²) in [5.41, 5.74) is 2.38. The summed E-state index contributed by atoms with van der Waals surface area (Å²) in [6.07, 6.45) is 0. The van der Waals surface area contributed by atoms with Crippen molar-refractivity contribution in [2.45, 2.75) is 0 Å². The minimum Gasteiger partial charge on any atom is -0.493 e. The van der Waals surface area contributed by atoms with E-state index in [1.165, 1.54) is 0 Å². The van der Waals surface area contributed by atoms with E-state index in [-0.39, 0.29) is 0 Å². The molecule has 0 unspecified atom stereocenters. The second-order valence-corrected chi connectivity index (χ2v) is 7.00. The molecule has 1 aromatic heterocycles. The molecule has 0 saturated heterocycles. The van der Waals surface area contributed by atoms with Gasteiger partial charge in [0.05, 0.1) is 25.3 Å². The maximum absolute atomic E-state index is 6.19. The van der Waals surface area contributed by atoms with E-state index in [1.54, 1.807) is 14.2 Å². The molecule has 0 N–H and O–H groups in total. The Morgan fingerprint density at radius 3 is 2.42 bits per heavy atom. The standard InChI is InChI=1S/C25H21NO5/c1-27-21-9-7-16(13-24(21)28-2)23-15-19(18-5-3-4-6-20(18)31-23)26-17-8-10-22-25(14-17)30-12-11-29-22/h3-10,13-15H,11-12H2,1-2H3. The van der Waals surface area contributed by atoms with Gasteiger partial charge in [-0.2, -0.15) is 0 Å². The molecule has 1 aliphatic heterocycles. The van der Waals surface area contributed by atoms with Gasteiger partial charge < -0.3 is 23.4 Å². The predicted octanol–water partition coefficient (Wildman–Crippen LogP) is 5.12. The van der Waals surface area contributed by atoms with Crippen LogP contribution in [0, 0.1) is 0 Å². The Kier molecular flexibility index (Phi) is 4.96. The highest BCUT2D eigenvalue weighted by molar-refractivity contribution is 5.79. The largest absolute Gasteiger partial charge is 0.493 e. The van der Waals surface area contributed by atoms with Crippen molar-refractivity contribution < 1.29 is 23.4 Å². The quantitative estimate of drug-likeness (QED) is 0.463. The molecule has 0 fully saturated rings. The first kappa shape index (κ1) is 19.1. The van der Waals surface area contributed by atoms with Gasteiger partial charge in [0.1, 0.15) is 24.6 Å². The number of benzene rings is 3. The summed E-state index contributed by atoms with van der Waals surface area (Å²) < 4.78 is 28.3. The molecule has 31 heavy (non-hydrogen) atoms. The summed E-state index contributed by atoms with van der Waals surface area (Å²) >= 11 is 0. The van der Waals surface area contributed by atoms with E-state index in [4.69, 9.17) is 28.4 Å². The van der Waals surface area contributed by atoms with Crippen molar-refractivity contribution >= 4 is 16.7 Å². The van der Waals surface area contributed by atoms with Crippen LogP contribution in [0.1, 0.15) is 0 Å². The Labute approximate surface area is 179 Å². The number of nitrogens with zero attached hydrogens (tertiary/aromatic N) is 1. The second kappa shape index (κ2) is 8.07. The Morgan fingerprint density at radius 2 is 1.58 bits per heavy atom. The normalized spacial score (nSPS) is 13.3. The van der Waals surface area contributed by atoms with Crippen LogP contribution in [0.3, 0.4) is 0 Å². The number of hydrogen-bond acceptors (Lipinski definition) is 6. The van der Waals surface area contributed by atoms with Gasteiger partial charge in [0.2, 0.25) is 0 Å². The van der Waals surface area contributed by atoms with Crippen molar-refractivity contribution in [3.8, 4) is 34.3 Å². The fourth-order valence-corrected chi connectivity index (χ4v) is 3.58. The van der Waals surface area contributed by atoms with Gasteiger partial charge in [0.25, 0.3) is 0 Å². The van der Waals surface area contributed by atoms with Gasteiger partial charge in [0, 0.05) is 23.1 Å². The molecule has 0 radical (unpaired) electrons. The molecule has 6 heteroatoms. The Balaban J connectivity index is 1.67. The monoisotopic (exact) mass is 415 g/mol. The third kappa shape index (κ3) is 3.68. The molecule has 5 rings (SSSR count). The third-order valence-corrected chi connectivity index (χ3v) is 5.09. The zero-order valence-electron chi connectivity index (χ0n) is 17.3. The topological polar surface area (TPSA) is 62.4 Å². The highest BCUT2D eigenvalue weighted by Crippen LogP contribution is 2.35. The van der Waals surface area contributed by atoms with Crippen molar-refractivity contribution in [1.82, 2.24) is 0 Å². The summed E-state index contributed by atoms with van der Waals surface area (Å²) in [5.74, 6) is 3.42. The summed E-state index contributed by atoms with van der Waals surface area (Å²) in [6, 6.07) is 21.1. The molecule has 0 saturated carbocycles. The molecular weight excluding hydrogens is 394 g/mol. The van der Waals surface area contributed by atoms with E-state index < -0.39 is 0 Å². The first-order valence-electron chi connectivity index (χ1n) is 9.95.